The molecule has 0 saturated carbocycles. The standard InChI is InChI=1S/C23H27N3O4S/c1-3-26(4-2)31(29,30)18-12-13-21-19(15-18)20(16-22(27)25-21)23(28)24-14-8-11-17-9-6-5-7-10-17/h5-7,9-10,12-13,15-16H,3-4,8,11,14H2,1-2H3,(H,24,28)(H,25,27). The number of nitrogens with zero attached hydrogens (tertiary/aromatic N) is 1. The summed E-state index contributed by atoms with van der Waals surface area (Å²) < 4.78 is 27.1. The van der Waals surface area contributed by atoms with Gasteiger partial charge in [0.2, 0.25) is 15.6 Å². The van der Waals surface area contributed by atoms with Gasteiger partial charge in [-0.3, -0.25) is 9.59 Å². The Morgan fingerprint density at radius 3 is 2.42 bits per heavy atom. The lowest BCUT2D eigenvalue weighted by molar-refractivity contribution is 0.0954. The molecule has 0 aliphatic carbocycles. The zero-order valence-electron chi connectivity index (χ0n) is 17.7. The van der Waals surface area contributed by atoms with E-state index in [1.54, 1.807) is 13.8 Å². The molecule has 0 fully saturated rings. The lowest BCUT2D eigenvalue weighted by Crippen LogP contribution is -2.30. The normalized spacial score (nSPS) is 11.7. The van der Waals surface area contributed by atoms with E-state index in [2.05, 4.69) is 10.3 Å². The predicted molar refractivity (Wildman–Crippen MR) is 122 cm³/mol. The van der Waals surface area contributed by atoms with Gasteiger partial charge in [0.1, 0.15) is 0 Å². The first-order valence-corrected chi connectivity index (χ1v) is 11.8. The lowest BCUT2D eigenvalue weighted by atomic mass is 10.1. The summed E-state index contributed by atoms with van der Waals surface area (Å²) in [6.07, 6.45) is 1.57. The number of aromatic nitrogens is 1. The average molecular weight is 442 g/mol. The Hall–Kier alpha value is -2.97. The van der Waals surface area contributed by atoms with Crippen molar-refractivity contribution in [1.29, 1.82) is 0 Å². The van der Waals surface area contributed by atoms with Crippen LogP contribution in [0.1, 0.15) is 36.2 Å². The molecule has 7 nitrogen and oxygen atoms in total. The molecule has 2 aromatic carbocycles. The van der Waals surface area contributed by atoms with Crippen LogP contribution in [-0.4, -0.2) is 43.2 Å². The average Bonchev–Trinajstić information content (AvgIpc) is 2.77. The summed E-state index contributed by atoms with van der Waals surface area (Å²) in [5, 5.41) is 3.24. The number of sulfonamides is 1. The predicted octanol–water partition coefficient (Wildman–Crippen LogP) is 2.92. The van der Waals surface area contributed by atoms with Crippen LogP contribution >= 0.6 is 0 Å². The number of carbonyl (C=O) groups excluding carboxylic acids is 1. The number of carbonyl (C=O) groups is 1. The zero-order chi connectivity index (χ0) is 22.4. The lowest BCUT2D eigenvalue weighted by Gasteiger charge is -2.19. The monoisotopic (exact) mass is 441 g/mol. The summed E-state index contributed by atoms with van der Waals surface area (Å²) in [4.78, 5) is 27.6. The van der Waals surface area contributed by atoms with Crippen molar-refractivity contribution in [2.24, 2.45) is 0 Å². The van der Waals surface area contributed by atoms with Crippen LogP contribution in [-0.2, 0) is 16.4 Å². The summed E-state index contributed by atoms with van der Waals surface area (Å²) in [6.45, 7) is 4.68. The van der Waals surface area contributed by atoms with E-state index in [0.29, 0.717) is 30.5 Å². The van der Waals surface area contributed by atoms with Crippen molar-refractivity contribution in [3.63, 3.8) is 0 Å². The second-order valence-electron chi connectivity index (χ2n) is 7.19. The summed E-state index contributed by atoms with van der Waals surface area (Å²) in [5.74, 6) is -0.401. The highest BCUT2D eigenvalue weighted by Crippen LogP contribution is 2.22. The highest BCUT2D eigenvalue weighted by molar-refractivity contribution is 7.89. The maximum absolute atomic E-state index is 12.9. The van der Waals surface area contributed by atoms with Crippen molar-refractivity contribution in [3.05, 3.63) is 76.1 Å². The van der Waals surface area contributed by atoms with E-state index in [0.717, 1.165) is 12.8 Å². The minimum absolute atomic E-state index is 0.0916. The summed E-state index contributed by atoms with van der Waals surface area (Å²) >= 11 is 0. The third-order valence-electron chi connectivity index (χ3n) is 5.17. The quantitative estimate of drug-likeness (QED) is 0.499. The molecule has 8 heteroatoms. The van der Waals surface area contributed by atoms with Crippen molar-refractivity contribution in [3.8, 4) is 0 Å². The van der Waals surface area contributed by atoms with Gasteiger partial charge in [-0.2, -0.15) is 4.31 Å². The van der Waals surface area contributed by atoms with Crippen LogP contribution in [0.5, 0.6) is 0 Å². The molecule has 0 aliphatic rings. The number of hydrogen-bond donors (Lipinski definition) is 2. The number of H-pyrrole nitrogens is 1. The molecule has 1 heterocycles. The van der Waals surface area contributed by atoms with E-state index in [1.165, 1.54) is 34.1 Å². The second kappa shape index (κ2) is 9.89. The molecule has 0 atom stereocenters. The van der Waals surface area contributed by atoms with Gasteiger partial charge in [-0.05, 0) is 36.6 Å². The molecule has 31 heavy (non-hydrogen) atoms. The molecular weight excluding hydrogens is 414 g/mol. The van der Waals surface area contributed by atoms with Gasteiger partial charge in [0.25, 0.3) is 5.91 Å². The van der Waals surface area contributed by atoms with Gasteiger partial charge in [-0.15, -0.1) is 0 Å². The van der Waals surface area contributed by atoms with Crippen LogP contribution in [0.4, 0.5) is 0 Å². The Kier molecular flexibility index (Phi) is 7.25. The number of aromatic amines is 1. The number of benzene rings is 2. The van der Waals surface area contributed by atoms with Gasteiger partial charge in [0, 0.05) is 36.6 Å². The van der Waals surface area contributed by atoms with Crippen LogP contribution < -0.4 is 10.9 Å². The highest BCUT2D eigenvalue weighted by Gasteiger charge is 2.23. The first kappa shape index (κ1) is 22.7. The SMILES string of the molecule is CCN(CC)S(=O)(=O)c1ccc2[nH]c(=O)cc(C(=O)NCCCc3ccccc3)c2c1. The van der Waals surface area contributed by atoms with Crippen LogP contribution in [0.15, 0.2) is 64.3 Å². The van der Waals surface area contributed by atoms with Gasteiger partial charge in [-0.1, -0.05) is 44.2 Å². The Balaban J connectivity index is 1.85. The van der Waals surface area contributed by atoms with Gasteiger partial charge in [0.05, 0.1) is 10.5 Å². The van der Waals surface area contributed by atoms with Gasteiger partial charge in [0.15, 0.2) is 0 Å². The number of amides is 1. The largest absolute Gasteiger partial charge is 0.352 e. The first-order chi connectivity index (χ1) is 14.9. The highest BCUT2D eigenvalue weighted by atomic mass is 32.2. The molecule has 0 bridgehead atoms. The van der Waals surface area contributed by atoms with Gasteiger partial charge < -0.3 is 10.3 Å². The Bertz CT molecular complexity index is 1220. The number of aryl methyl sites for hydroxylation is 1. The fourth-order valence-electron chi connectivity index (χ4n) is 3.53. The fourth-order valence-corrected chi connectivity index (χ4v) is 5.01. The van der Waals surface area contributed by atoms with E-state index >= 15 is 0 Å². The fraction of sp³-hybridized carbons (Fsp3) is 0.304. The van der Waals surface area contributed by atoms with Crippen molar-refractivity contribution >= 4 is 26.8 Å². The molecule has 2 N–H and O–H groups in total. The van der Waals surface area contributed by atoms with E-state index in [4.69, 9.17) is 0 Å². The second-order valence-corrected chi connectivity index (χ2v) is 9.13. The molecule has 3 rings (SSSR count). The van der Waals surface area contributed by atoms with Gasteiger partial charge in [-0.25, -0.2) is 8.42 Å². The van der Waals surface area contributed by atoms with E-state index < -0.39 is 21.5 Å². The van der Waals surface area contributed by atoms with Crippen LogP contribution in [0.2, 0.25) is 0 Å². The van der Waals surface area contributed by atoms with Crippen LogP contribution in [0.3, 0.4) is 0 Å². The van der Waals surface area contributed by atoms with E-state index in [1.807, 2.05) is 30.3 Å². The molecule has 1 amide bonds. The van der Waals surface area contributed by atoms with Crippen LogP contribution in [0.25, 0.3) is 10.9 Å². The molecule has 3 aromatic rings. The summed E-state index contributed by atoms with van der Waals surface area (Å²) in [7, 11) is -3.69. The topological polar surface area (TPSA) is 99.3 Å². The molecule has 0 aliphatic heterocycles. The van der Waals surface area contributed by atoms with Crippen molar-refractivity contribution in [2.75, 3.05) is 19.6 Å². The van der Waals surface area contributed by atoms with Crippen molar-refractivity contribution in [2.45, 2.75) is 31.6 Å². The van der Waals surface area contributed by atoms with Crippen molar-refractivity contribution < 1.29 is 13.2 Å². The van der Waals surface area contributed by atoms with Crippen molar-refractivity contribution in [1.82, 2.24) is 14.6 Å². The Morgan fingerprint density at radius 2 is 1.74 bits per heavy atom. The molecule has 0 spiro atoms. The number of hydrogen-bond acceptors (Lipinski definition) is 4. The number of rotatable bonds is 9. The minimum atomic E-state index is -3.69. The van der Waals surface area contributed by atoms with Crippen LogP contribution in [0, 0.1) is 0 Å². The summed E-state index contributed by atoms with van der Waals surface area (Å²) in [5.41, 5.74) is 1.35. The molecule has 0 radical (unpaired) electrons. The minimum Gasteiger partial charge on any atom is -0.352 e. The molecule has 0 unspecified atom stereocenters. The molecule has 0 saturated heterocycles. The third kappa shape index (κ3) is 5.21. The Morgan fingerprint density at radius 1 is 1.03 bits per heavy atom. The van der Waals surface area contributed by atoms with E-state index in [-0.39, 0.29) is 10.5 Å². The first-order valence-electron chi connectivity index (χ1n) is 10.4. The van der Waals surface area contributed by atoms with E-state index in [9.17, 15) is 18.0 Å². The number of nitrogens with one attached hydrogen (secondary N) is 2. The Labute approximate surface area is 182 Å². The van der Waals surface area contributed by atoms with Gasteiger partial charge >= 0.3 is 0 Å². The zero-order valence-corrected chi connectivity index (χ0v) is 18.5. The number of fused-ring (bicyclic) bond motifs is 1. The smallest absolute Gasteiger partial charge is 0.252 e. The summed E-state index contributed by atoms with van der Waals surface area (Å²) in [6, 6.07) is 15.6. The molecule has 1 aromatic heterocycles. The maximum atomic E-state index is 12.9. The molecule has 164 valence electrons. The third-order valence-corrected chi connectivity index (χ3v) is 7.22. The maximum Gasteiger partial charge on any atom is 0.252 e. The number of pyridine rings is 1. The molecular formula is C23H27N3O4S.